The lowest BCUT2D eigenvalue weighted by Gasteiger charge is -2.01. The van der Waals surface area contributed by atoms with Crippen molar-refractivity contribution >= 4 is 5.82 Å². The molecule has 0 unspecified atom stereocenters. The lowest BCUT2D eigenvalue weighted by Crippen LogP contribution is -1.97. The maximum atomic E-state index is 9.28. The van der Waals surface area contributed by atoms with Crippen molar-refractivity contribution in [2.24, 2.45) is 0 Å². The minimum atomic E-state index is 0.260. The van der Waals surface area contributed by atoms with Crippen LogP contribution in [-0.4, -0.2) is 15.3 Å². The van der Waals surface area contributed by atoms with Crippen LogP contribution in [0, 0.1) is 0 Å². The Balaban J connectivity index is 2.18. The van der Waals surface area contributed by atoms with Crippen LogP contribution in [0.25, 0.3) is 0 Å². The first kappa shape index (κ1) is 9.45. The van der Waals surface area contributed by atoms with Gasteiger partial charge in [-0.2, -0.15) is 5.10 Å². The van der Waals surface area contributed by atoms with E-state index in [1.807, 2.05) is 12.1 Å². The molecule has 0 atom stereocenters. The van der Waals surface area contributed by atoms with Crippen LogP contribution in [0.15, 0.2) is 36.4 Å². The summed E-state index contributed by atoms with van der Waals surface area (Å²) in [6.07, 6.45) is 0.641. The smallest absolute Gasteiger partial charge is 0.146 e. The first-order valence-corrected chi connectivity index (χ1v) is 4.60. The first-order chi connectivity index (χ1) is 7.24. The summed E-state index contributed by atoms with van der Waals surface area (Å²) >= 11 is 0. The molecular formula is C11H11N3O. The molecule has 15 heavy (non-hydrogen) atoms. The van der Waals surface area contributed by atoms with Gasteiger partial charge in [0.05, 0.1) is 5.69 Å². The highest BCUT2D eigenvalue weighted by molar-refractivity contribution is 5.31. The van der Waals surface area contributed by atoms with Crippen molar-refractivity contribution in [2.45, 2.75) is 6.42 Å². The van der Waals surface area contributed by atoms with E-state index in [1.54, 1.807) is 24.3 Å². The molecule has 0 saturated heterocycles. The van der Waals surface area contributed by atoms with E-state index in [2.05, 4.69) is 10.2 Å². The van der Waals surface area contributed by atoms with Crippen LogP contribution in [0.4, 0.5) is 5.82 Å². The van der Waals surface area contributed by atoms with Crippen LogP contribution in [0.2, 0.25) is 0 Å². The Labute approximate surface area is 87.4 Å². The zero-order valence-electron chi connectivity index (χ0n) is 8.09. The summed E-state index contributed by atoms with van der Waals surface area (Å²) in [4.78, 5) is 0. The van der Waals surface area contributed by atoms with Crippen molar-refractivity contribution in [3.63, 3.8) is 0 Å². The summed E-state index contributed by atoms with van der Waals surface area (Å²) in [5.74, 6) is 0.672. The van der Waals surface area contributed by atoms with Crippen LogP contribution in [0.3, 0.4) is 0 Å². The predicted molar refractivity (Wildman–Crippen MR) is 57.4 cm³/mol. The van der Waals surface area contributed by atoms with Gasteiger partial charge in [0.2, 0.25) is 0 Å². The fourth-order valence-corrected chi connectivity index (χ4v) is 1.34. The summed E-state index contributed by atoms with van der Waals surface area (Å²) in [5.41, 5.74) is 7.25. The number of phenols is 1. The number of hydrogen-bond donors (Lipinski definition) is 2. The number of nitrogens with zero attached hydrogens (tertiary/aromatic N) is 2. The Kier molecular flexibility index (Phi) is 2.49. The van der Waals surface area contributed by atoms with Gasteiger partial charge in [-0.25, -0.2) is 0 Å². The summed E-state index contributed by atoms with van der Waals surface area (Å²) in [6, 6.07) is 10.6. The van der Waals surface area contributed by atoms with E-state index in [0.717, 1.165) is 11.3 Å². The molecule has 1 heterocycles. The van der Waals surface area contributed by atoms with Gasteiger partial charge in [-0.05, 0) is 29.8 Å². The SMILES string of the molecule is Nc1ccc(Cc2cccc(O)c2)nn1. The molecule has 0 aliphatic rings. The molecule has 2 rings (SSSR count). The van der Waals surface area contributed by atoms with Crippen molar-refractivity contribution in [3.8, 4) is 5.75 Å². The van der Waals surface area contributed by atoms with Crippen LogP contribution < -0.4 is 5.73 Å². The number of benzene rings is 1. The van der Waals surface area contributed by atoms with Gasteiger partial charge in [0.25, 0.3) is 0 Å². The summed E-state index contributed by atoms with van der Waals surface area (Å²) in [7, 11) is 0. The lowest BCUT2D eigenvalue weighted by atomic mass is 10.1. The molecule has 0 radical (unpaired) electrons. The summed E-state index contributed by atoms with van der Waals surface area (Å²) in [6.45, 7) is 0. The van der Waals surface area contributed by atoms with Gasteiger partial charge >= 0.3 is 0 Å². The second-order valence-corrected chi connectivity index (χ2v) is 3.30. The van der Waals surface area contributed by atoms with E-state index in [-0.39, 0.29) is 5.75 Å². The average Bonchev–Trinajstić information content (AvgIpc) is 2.22. The Hall–Kier alpha value is -2.10. The standard InChI is InChI=1S/C11H11N3O/c12-11-5-4-9(13-14-11)6-8-2-1-3-10(15)7-8/h1-5,7,15H,6H2,(H2,12,14). The van der Waals surface area contributed by atoms with E-state index in [0.29, 0.717) is 12.2 Å². The van der Waals surface area contributed by atoms with E-state index in [9.17, 15) is 5.11 Å². The number of phenolic OH excluding ortho intramolecular Hbond substituents is 1. The number of rotatable bonds is 2. The Bertz CT molecular complexity index is 454. The number of hydrogen-bond acceptors (Lipinski definition) is 4. The topological polar surface area (TPSA) is 72.0 Å². The molecule has 0 saturated carbocycles. The first-order valence-electron chi connectivity index (χ1n) is 4.60. The van der Waals surface area contributed by atoms with Gasteiger partial charge in [-0.15, -0.1) is 5.10 Å². The molecule has 1 aromatic carbocycles. The molecule has 76 valence electrons. The quantitative estimate of drug-likeness (QED) is 0.769. The Morgan fingerprint density at radius 1 is 1.13 bits per heavy atom. The van der Waals surface area contributed by atoms with Crippen molar-refractivity contribution in [1.82, 2.24) is 10.2 Å². The van der Waals surface area contributed by atoms with E-state index < -0.39 is 0 Å². The van der Waals surface area contributed by atoms with Gasteiger partial charge in [0.1, 0.15) is 11.6 Å². The van der Waals surface area contributed by atoms with E-state index in [4.69, 9.17) is 5.73 Å². The molecule has 0 spiro atoms. The Morgan fingerprint density at radius 2 is 2.00 bits per heavy atom. The van der Waals surface area contributed by atoms with Crippen LogP contribution in [-0.2, 0) is 6.42 Å². The van der Waals surface area contributed by atoms with Gasteiger partial charge < -0.3 is 10.8 Å². The highest BCUT2D eigenvalue weighted by Gasteiger charge is 1.99. The highest BCUT2D eigenvalue weighted by Crippen LogP contribution is 2.13. The molecule has 2 aromatic rings. The monoisotopic (exact) mass is 201 g/mol. The summed E-state index contributed by atoms with van der Waals surface area (Å²) < 4.78 is 0. The molecule has 0 aliphatic heterocycles. The van der Waals surface area contributed by atoms with E-state index in [1.165, 1.54) is 0 Å². The maximum Gasteiger partial charge on any atom is 0.146 e. The molecule has 3 N–H and O–H groups in total. The number of aromatic hydroxyl groups is 1. The second-order valence-electron chi connectivity index (χ2n) is 3.30. The molecule has 0 bridgehead atoms. The summed E-state index contributed by atoms with van der Waals surface area (Å²) in [5, 5.41) is 17.0. The fraction of sp³-hybridized carbons (Fsp3) is 0.0909. The normalized spacial score (nSPS) is 10.1. The Morgan fingerprint density at radius 3 is 2.67 bits per heavy atom. The number of anilines is 1. The van der Waals surface area contributed by atoms with Crippen molar-refractivity contribution in [3.05, 3.63) is 47.7 Å². The predicted octanol–water partition coefficient (Wildman–Crippen LogP) is 1.36. The van der Waals surface area contributed by atoms with E-state index >= 15 is 0 Å². The van der Waals surface area contributed by atoms with Gasteiger partial charge in [0, 0.05) is 6.42 Å². The molecule has 4 nitrogen and oxygen atoms in total. The molecule has 4 heteroatoms. The van der Waals surface area contributed by atoms with Crippen molar-refractivity contribution in [2.75, 3.05) is 5.73 Å². The molecule has 0 aliphatic carbocycles. The van der Waals surface area contributed by atoms with Crippen molar-refractivity contribution in [1.29, 1.82) is 0 Å². The third-order valence-electron chi connectivity index (χ3n) is 2.04. The van der Waals surface area contributed by atoms with Crippen LogP contribution in [0.1, 0.15) is 11.3 Å². The van der Waals surface area contributed by atoms with Crippen LogP contribution >= 0.6 is 0 Å². The molecule has 0 fully saturated rings. The minimum absolute atomic E-state index is 0.260. The number of nitrogens with two attached hydrogens (primary N) is 1. The lowest BCUT2D eigenvalue weighted by molar-refractivity contribution is 0.474. The second kappa shape index (κ2) is 3.96. The molecule has 0 amide bonds. The number of aromatic nitrogens is 2. The zero-order valence-corrected chi connectivity index (χ0v) is 8.09. The van der Waals surface area contributed by atoms with Gasteiger partial charge in [0.15, 0.2) is 0 Å². The molecular weight excluding hydrogens is 190 g/mol. The minimum Gasteiger partial charge on any atom is -0.508 e. The third-order valence-corrected chi connectivity index (χ3v) is 2.04. The third kappa shape index (κ3) is 2.43. The molecule has 1 aromatic heterocycles. The average molecular weight is 201 g/mol. The maximum absolute atomic E-state index is 9.28. The fourth-order valence-electron chi connectivity index (χ4n) is 1.34. The number of nitrogen functional groups attached to an aromatic ring is 1. The zero-order chi connectivity index (χ0) is 10.7. The van der Waals surface area contributed by atoms with Crippen LogP contribution in [0.5, 0.6) is 5.75 Å². The van der Waals surface area contributed by atoms with Gasteiger partial charge in [-0.1, -0.05) is 12.1 Å². The largest absolute Gasteiger partial charge is 0.508 e. The highest BCUT2D eigenvalue weighted by atomic mass is 16.3. The van der Waals surface area contributed by atoms with Gasteiger partial charge in [-0.3, -0.25) is 0 Å². The van der Waals surface area contributed by atoms with Crippen molar-refractivity contribution < 1.29 is 5.11 Å².